The predicted molar refractivity (Wildman–Crippen MR) is 64.2 cm³/mol. The molecule has 1 N–H and O–H groups in total. The summed E-state index contributed by atoms with van der Waals surface area (Å²) in [5, 5.41) is 5.61. The SMILES string of the molecule is CC(c1cscn1)N(C)C1CCCNC1. The third-order valence-electron chi connectivity index (χ3n) is 3.34. The van der Waals surface area contributed by atoms with Crippen molar-refractivity contribution in [3.63, 3.8) is 0 Å². The highest BCUT2D eigenvalue weighted by atomic mass is 32.1. The molecular formula is C11H19N3S. The van der Waals surface area contributed by atoms with Gasteiger partial charge in [-0.1, -0.05) is 0 Å². The van der Waals surface area contributed by atoms with E-state index in [0.29, 0.717) is 12.1 Å². The molecule has 0 amide bonds. The summed E-state index contributed by atoms with van der Waals surface area (Å²) in [6.07, 6.45) is 2.59. The van der Waals surface area contributed by atoms with Crippen LogP contribution in [0.15, 0.2) is 10.9 Å². The third-order valence-corrected chi connectivity index (χ3v) is 3.94. The van der Waals surface area contributed by atoms with E-state index in [-0.39, 0.29) is 0 Å². The number of piperidine rings is 1. The van der Waals surface area contributed by atoms with E-state index in [4.69, 9.17) is 0 Å². The van der Waals surface area contributed by atoms with Crippen molar-refractivity contribution in [2.75, 3.05) is 20.1 Å². The topological polar surface area (TPSA) is 28.2 Å². The van der Waals surface area contributed by atoms with Gasteiger partial charge in [0.1, 0.15) is 0 Å². The molecule has 2 unspecified atom stereocenters. The van der Waals surface area contributed by atoms with E-state index < -0.39 is 0 Å². The maximum absolute atomic E-state index is 4.39. The van der Waals surface area contributed by atoms with Crippen molar-refractivity contribution in [2.45, 2.75) is 31.8 Å². The maximum Gasteiger partial charge on any atom is 0.0795 e. The molecule has 1 aromatic heterocycles. The standard InChI is InChI=1S/C11H19N3S/c1-9(11-7-15-8-13-11)14(2)10-4-3-5-12-6-10/h7-10,12H,3-6H2,1-2H3. The summed E-state index contributed by atoms with van der Waals surface area (Å²) in [6, 6.07) is 1.09. The number of hydrogen-bond donors (Lipinski definition) is 1. The Bertz CT molecular complexity index is 280. The van der Waals surface area contributed by atoms with Crippen molar-refractivity contribution < 1.29 is 0 Å². The van der Waals surface area contributed by atoms with Crippen LogP contribution in [0.25, 0.3) is 0 Å². The molecule has 1 aromatic rings. The fourth-order valence-electron chi connectivity index (χ4n) is 2.13. The van der Waals surface area contributed by atoms with E-state index in [1.165, 1.54) is 25.1 Å². The van der Waals surface area contributed by atoms with Gasteiger partial charge in [-0.25, -0.2) is 4.98 Å². The summed E-state index contributed by atoms with van der Waals surface area (Å²) < 4.78 is 0. The highest BCUT2D eigenvalue weighted by Crippen LogP contribution is 2.22. The van der Waals surface area contributed by atoms with Gasteiger partial charge in [-0.15, -0.1) is 11.3 Å². The first-order valence-electron chi connectivity index (χ1n) is 5.60. The number of likely N-dealkylation sites (N-methyl/N-ethyl adjacent to an activating group) is 1. The zero-order chi connectivity index (χ0) is 10.7. The van der Waals surface area contributed by atoms with Crippen LogP contribution in [-0.4, -0.2) is 36.1 Å². The lowest BCUT2D eigenvalue weighted by Gasteiger charge is -2.35. The quantitative estimate of drug-likeness (QED) is 0.851. The molecule has 15 heavy (non-hydrogen) atoms. The zero-order valence-electron chi connectivity index (χ0n) is 9.44. The lowest BCUT2D eigenvalue weighted by molar-refractivity contribution is 0.154. The number of nitrogens with one attached hydrogen (secondary N) is 1. The van der Waals surface area contributed by atoms with Gasteiger partial charge in [0.15, 0.2) is 0 Å². The van der Waals surface area contributed by atoms with E-state index in [9.17, 15) is 0 Å². The van der Waals surface area contributed by atoms with Crippen LogP contribution in [0, 0.1) is 0 Å². The molecule has 2 atom stereocenters. The van der Waals surface area contributed by atoms with E-state index >= 15 is 0 Å². The van der Waals surface area contributed by atoms with Crippen LogP contribution >= 0.6 is 11.3 Å². The smallest absolute Gasteiger partial charge is 0.0795 e. The Hall–Kier alpha value is -0.450. The fraction of sp³-hybridized carbons (Fsp3) is 0.727. The van der Waals surface area contributed by atoms with Crippen molar-refractivity contribution in [1.29, 1.82) is 0 Å². The Morgan fingerprint density at radius 2 is 2.53 bits per heavy atom. The van der Waals surface area contributed by atoms with Gasteiger partial charge in [0, 0.05) is 18.0 Å². The van der Waals surface area contributed by atoms with E-state index in [1.807, 2.05) is 5.51 Å². The van der Waals surface area contributed by atoms with Crippen LogP contribution in [0.3, 0.4) is 0 Å². The van der Waals surface area contributed by atoms with E-state index in [0.717, 1.165) is 6.54 Å². The summed E-state index contributed by atoms with van der Waals surface area (Å²) in [6.45, 7) is 4.53. The molecule has 1 aliphatic heterocycles. The second-order valence-corrected chi connectivity index (χ2v) is 4.97. The lowest BCUT2D eigenvalue weighted by Crippen LogP contribution is -2.45. The fourth-order valence-corrected chi connectivity index (χ4v) is 2.77. The number of aromatic nitrogens is 1. The van der Waals surface area contributed by atoms with Gasteiger partial charge < -0.3 is 5.32 Å². The number of nitrogens with zero attached hydrogens (tertiary/aromatic N) is 2. The largest absolute Gasteiger partial charge is 0.315 e. The van der Waals surface area contributed by atoms with Crippen LogP contribution < -0.4 is 5.32 Å². The highest BCUT2D eigenvalue weighted by molar-refractivity contribution is 7.07. The first kappa shape index (κ1) is 11.0. The Morgan fingerprint density at radius 1 is 1.67 bits per heavy atom. The molecule has 3 nitrogen and oxygen atoms in total. The van der Waals surface area contributed by atoms with Gasteiger partial charge in [-0.05, 0) is 33.4 Å². The van der Waals surface area contributed by atoms with Crippen molar-refractivity contribution in [2.24, 2.45) is 0 Å². The number of hydrogen-bond acceptors (Lipinski definition) is 4. The van der Waals surface area contributed by atoms with Crippen molar-refractivity contribution in [3.8, 4) is 0 Å². The summed E-state index contributed by atoms with van der Waals surface area (Å²) in [4.78, 5) is 6.83. The van der Waals surface area contributed by atoms with Crippen LogP contribution in [-0.2, 0) is 0 Å². The Labute approximate surface area is 95.5 Å². The Kier molecular flexibility index (Phi) is 3.72. The molecule has 1 aliphatic rings. The molecule has 0 saturated carbocycles. The molecule has 2 rings (SSSR count). The molecule has 1 fully saturated rings. The Balaban J connectivity index is 1.97. The third kappa shape index (κ3) is 2.56. The van der Waals surface area contributed by atoms with Crippen LogP contribution in [0.2, 0.25) is 0 Å². The van der Waals surface area contributed by atoms with Crippen molar-refractivity contribution in [3.05, 3.63) is 16.6 Å². The summed E-state index contributed by atoms with van der Waals surface area (Å²) in [5.74, 6) is 0. The molecule has 0 aromatic carbocycles. The van der Waals surface area contributed by atoms with Gasteiger partial charge in [-0.3, -0.25) is 4.90 Å². The number of thiazole rings is 1. The minimum atomic E-state index is 0.432. The predicted octanol–water partition coefficient (Wildman–Crippen LogP) is 1.89. The maximum atomic E-state index is 4.39. The molecule has 0 radical (unpaired) electrons. The summed E-state index contributed by atoms with van der Waals surface area (Å²) in [7, 11) is 2.21. The molecule has 4 heteroatoms. The zero-order valence-corrected chi connectivity index (χ0v) is 10.3. The van der Waals surface area contributed by atoms with Crippen molar-refractivity contribution in [1.82, 2.24) is 15.2 Å². The van der Waals surface area contributed by atoms with Crippen molar-refractivity contribution >= 4 is 11.3 Å². The molecular weight excluding hydrogens is 206 g/mol. The van der Waals surface area contributed by atoms with Gasteiger partial charge in [-0.2, -0.15) is 0 Å². The summed E-state index contributed by atoms with van der Waals surface area (Å²) >= 11 is 1.68. The minimum Gasteiger partial charge on any atom is -0.315 e. The lowest BCUT2D eigenvalue weighted by atomic mass is 10.0. The first-order valence-corrected chi connectivity index (χ1v) is 6.54. The van der Waals surface area contributed by atoms with Crippen LogP contribution in [0.4, 0.5) is 0 Å². The van der Waals surface area contributed by atoms with Crippen LogP contribution in [0.5, 0.6) is 0 Å². The highest BCUT2D eigenvalue weighted by Gasteiger charge is 2.23. The minimum absolute atomic E-state index is 0.432. The van der Waals surface area contributed by atoms with E-state index in [2.05, 4.69) is 34.6 Å². The van der Waals surface area contributed by atoms with Gasteiger partial charge in [0.05, 0.1) is 17.2 Å². The molecule has 1 saturated heterocycles. The summed E-state index contributed by atoms with van der Waals surface area (Å²) in [5.41, 5.74) is 3.12. The normalized spacial score (nSPS) is 24.3. The first-order chi connectivity index (χ1) is 7.29. The average Bonchev–Trinajstić information content (AvgIpc) is 2.82. The van der Waals surface area contributed by atoms with Gasteiger partial charge >= 0.3 is 0 Å². The Morgan fingerprint density at radius 3 is 3.13 bits per heavy atom. The molecule has 2 heterocycles. The monoisotopic (exact) mass is 225 g/mol. The second kappa shape index (κ2) is 5.05. The van der Waals surface area contributed by atoms with Crippen LogP contribution in [0.1, 0.15) is 31.5 Å². The van der Waals surface area contributed by atoms with Gasteiger partial charge in [0.2, 0.25) is 0 Å². The molecule has 0 bridgehead atoms. The van der Waals surface area contributed by atoms with E-state index in [1.54, 1.807) is 11.3 Å². The second-order valence-electron chi connectivity index (χ2n) is 4.25. The average molecular weight is 225 g/mol. The number of rotatable bonds is 3. The van der Waals surface area contributed by atoms with Gasteiger partial charge in [0.25, 0.3) is 0 Å². The molecule has 84 valence electrons. The molecule has 0 spiro atoms. The molecule has 0 aliphatic carbocycles.